The third kappa shape index (κ3) is 6.78. The Morgan fingerprint density at radius 1 is 0.943 bits per heavy atom. The fourth-order valence-corrected chi connectivity index (χ4v) is 8.80. The molecule has 3 heterocycles. The highest BCUT2D eigenvalue weighted by atomic mass is 16.7. The van der Waals surface area contributed by atoms with E-state index in [1.807, 2.05) is 52.0 Å². The molecule has 1 aliphatic carbocycles. The van der Waals surface area contributed by atoms with E-state index < -0.39 is 40.9 Å². The molecule has 0 saturated carbocycles. The van der Waals surface area contributed by atoms with Crippen molar-refractivity contribution in [3.05, 3.63) is 52.6 Å². The number of carbonyl (C=O) groups excluding carboxylic acids is 3. The number of ether oxygens (including phenoxy) is 6. The van der Waals surface area contributed by atoms with Gasteiger partial charge in [-0.15, -0.1) is 10.3 Å². The summed E-state index contributed by atoms with van der Waals surface area (Å²) in [6.45, 7) is 11.7. The molecule has 0 bridgehead atoms. The molecule has 2 amide bonds. The molecule has 1 radical (unpaired) electrons. The molecule has 6 rings (SSSR count). The highest BCUT2D eigenvalue weighted by Crippen LogP contribution is 2.55. The quantitative estimate of drug-likeness (QED) is 0.279. The van der Waals surface area contributed by atoms with E-state index in [9.17, 15) is 19.6 Å². The number of carbonyl (C=O) groups is 3. The Bertz CT molecular complexity index is 1760. The predicted molar refractivity (Wildman–Crippen MR) is 193 cm³/mol. The zero-order chi connectivity index (χ0) is 38.4. The number of nitrogens with one attached hydrogen (secondary N) is 1. The minimum absolute atomic E-state index is 0.0409. The van der Waals surface area contributed by atoms with Crippen LogP contribution in [0.2, 0.25) is 0 Å². The third-order valence-corrected chi connectivity index (χ3v) is 11.0. The van der Waals surface area contributed by atoms with Crippen LogP contribution >= 0.6 is 0 Å². The van der Waals surface area contributed by atoms with Crippen LogP contribution in [-0.2, 0) is 24.3 Å². The largest absolute Gasteiger partial charge is 0.493 e. The van der Waals surface area contributed by atoms with Gasteiger partial charge >= 0.3 is 5.97 Å². The van der Waals surface area contributed by atoms with Crippen LogP contribution in [0.25, 0.3) is 0 Å². The lowest BCUT2D eigenvalue weighted by atomic mass is 9.65. The van der Waals surface area contributed by atoms with E-state index in [-0.39, 0.29) is 37.6 Å². The molecule has 287 valence electrons. The molecule has 3 aliphatic heterocycles. The highest BCUT2D eigenvalue weighted by molar-refractivity contribution is 5.97. The number of fused-ring (bicyclic) bond motifs is 3. The van der Waals surface area contributed by atoms with Crippen molar-refractivity contribution in [2.75, 3.05) is 41.3 Å². The first kappa shape index (κ1) is 38.2. The van der Waals surface area contributed by atoms with Crippen LogP contribution in [0.4, 0.5) is 0 Å². The number of benzene rings is 2. The van der Waals surface area contributed by atoms with Crippen LogP contribution in [0.3, 0.4) is 0 Å². The molecular weight excluding hydrogens is 682 g/mol. The van der Waals surface area contributed by atoms with Crippen molar-refractivity contribution in [3.63, 3.8) is 0 Å². The van der Waals surface area contributed by atoms with Crippen molar-refractivity contribution in [2.45, 2.75) is 96.3 Å². The van der Waals surface area contributed by atoms with E-state index in [2.05, 4.69) is 5.32 Å². The number of amides is 2. The summed E-state index contributed by atoms with van der Waals surface area (Å²) in [5.41, 5.74) is 1.09. The van der Waals surface area contributed by atoms with Crippen molar-refractivity contribution in [1.29, 1.82) is 0 Å². The second-order valence-corrected chi connectivity index (χ2v) is 15.5. The van der Waals surface area contributed by atoms with Gasteiger partial charge in [0.2, 0.25) is 24.4 Å². The van der Waals surface area contributed by atoms with Gasteiger partial charge in [-0.2, -0.15) is 0 Å². The fourth-order valence-electron chi connectivity index (χ4n) is 8.80. The van der Waals surface area contributed by atoms with Gasteiger partial charge in [0.1, 0.15) is 6.04 Å². The van der Waals surface area contributed by atoms with Gasteiger partial charge in [0, 0.05) is 29.5 Å². The van der Waals surface area contributed by atoms with Gasteiger partial charge in [0.05, 0.1) is 45.4 Å². The Labute approximate surface area is 311 Å². The maximum atomic E-state index is 14.7. The number of hydroxylamine groups is 2. The van der Waals surface area contributed by atoms with Gasteiger partial charge in [-0.3, -0.25) is 14.4 Å². The van der Waals surface area contributed by atoms with E-state index in [0.29, 0.717) is 60.1 Å². The van der Waals surface area contributed by atoms with E-state index in [1.165, 1.54) is 21.3 Å². The van der Waals surface area contributed by atoms with E-state index in [4.69, 9.17) is 28.4 Å². The van der Waals surface area contributed by atoms with Gasteiger partial charge < -0.3 is 38.6 Å². The summed E-state index contributed by atoms with van der Waals surface area (Å²) in [5.74, 6) is -0.246. The lowest BCUT2D eigenvalue weighted by molar-refractivity contribution is -0.263. The van der Waals surface area contributed by atoms with Crippen LogP contribution in [0.5, 0.6) is 28.7 Å². The molecule has 2 aromatic carbocycles. The van der Waals surface area contributed by atoms with Crippen molar-refractivity contribution in [1.82, 2.24) is 15.3 Å². The summed E-state index contributed by atoms with van der Waals surface area (Å²) >= 11 is 0. The average molecular weight is 735 g/mol. The Hall–Kier alpha value is -4.49. The standard InChI is InChI=1S/C40H52N3O10/c1-10-12-27(42(13-11-2)37(45)23-18-39(3,4)43(47)40(5,6)19-23)36(44)41-34-25-17-29-28(52-21-53-29)16-24(25)32(33-26(34)20-51-38(33)46)22-14-30(48-7)35(50-9)31(15-22)49-8/h14-18,26-27,32-34H,10-13,19-21H2,1-9H3,(H,41,44)/t26-,27?,32+,33-,34+/m0/s1. The normalized spacial score (nSPS) is 24.3. The van der Waals surface area contributed by atoms with Gasteiger partial charge in [-0.1, -0.05) is 26.3 Å². The third-order valence-electron chi connectivity index (χ3n) is 11.0. The fraction of sp³-hybridized carbons (Fsp3) is 0.575. The first-order valence-electron chi connectivity index (χ1n) is 18.4. The van der Waals surface area contributed by atoms with Gasteiger partial charge in [0.15, 0.2) is 23.0 Å². The van der Waals surface area contributed by atoms with E-state index >= 15 is 0 Å². The van der Waals surface area contributed by atoms with Gasteiger partial charge in [0.25, 0.3) is 0 Å². The molecule has 13 heteroatoms. The molecule has 1 N–H and O–H groups in total. The van der Waals surface area contributed by atoms with Crippen LogP contribution in [0, 0.1) is 11.8 Å². The Kier molecular flexibility index (Phi) is 10.6. The number of esters is 1. The molecule has 1 unspecified atom stereocenters. The molecular formula is C40H52N3O10. The summed E-state index contributed by atoms with van der Waals surface area (Å²) in [6.07, 6.45) is 3.70. The number of hydrogen-bond acceptors (Lipinski definition) is 10. The molecule has 1 saturated heterocycles. The van der Waals surface area contributed by atoms with Crippen molar-refractivity contribution in [2.24, 2.45) is 11.8 Å². The molecule has 4 aliphatic rings. The number of rotatable bonds is 12. The van der Waals surface area contributed by atoms with Crippen LogP contribution < -0.4 is 29.0 Å². The van der Waals surface area contributed by atoms with Crippen LogP contribution in [0.1, 0.15) is 95.9 Å². The van der Waals surface area contributed by atoms with Gasteiger partial charge in [-0.05, 0) is 87.9 Å². The number of nitrogens with zero attached hydrogens (tertiary/aromatic N) is 2. The molecule has 13 nitrogen and oxygen atoms in total. The first-order chi connectivity index (χ1) is 25.2. The monoisotopic (exact) mass is 734 g/mol. The molecule has 2 aromatic rings. The lowest BCUT2D eigenvalue weighted by Gasteiger charge is -2.46. The highest BCUT2D eigenvalue weighted by Gasteiger charge is 2.54. The molecule has 1 fully saturated rings. The maximum Gasteiger partial charge on any atom is 0.310 e. The number of hydrogen-bond donors (Lipinski definition) is 1. The predicted octanol–water partition coefficient (Wildman–Crippen LogP) is 5.48. The van der Waals surface area contributed by atoms with Crippen molar-refractivity contribution < 1.29 is 48.0 Å². The SMILES string of the molecule is CCCC(C(=O)N[C@@H]1c2cc3c(cc2[C@@H](c2cc(OC)c(OC)c(OC)c2)[C@H]2C(=O)OC[C@@H]21)OCO3)N(CCC)C(=O)C1=CC(C)(C)N([O])C(C)(C)C1. The minimum atomic E-state index is -0.899. The van der Waals surface area contributed by atoms with Crippen molar-refractivity contribution in [3.8, 4) is 28.7 Å². The molecule has 0 aromatic heterocycles. The summed E-state index contributed by atoms with van der Waals surface area (Å²) in [5, 5.41) is 17.4. The molecule has 53 heavy (non-hydrogen) atoms. The second kappa shape index (κ2) is 14.7. The van der Waals surface area contributed by atoms with Crippen LogP contribution in [-0.4, -0.2) is 86.1 Å². The summed E-state index contributed by atoms with van der Waals surface area (Å²) < 4.78 is 34.4. The second-order valence-electron chi connectivity index (χ2n) is 15.5. The zero-order valence-corrected chi connectivity index (χ0v) is 32.2. The molecule has 0 spiro atoms. The molecule has 5 atom stereocenters. The lowest BCUT2D eigenvalue weighted by Crippen LogP contribution is -2.57. The summed E-state index contributed by atoms with van der Waals surface area (Å²) in [4.78, 5) is 44.5. The smallest absolute Gasteiger partial charge is 0.310 e. The first-order valence-corrected chi connectivity index (χ1v) is 18.4. The number of cyclic esters (lactones) is 1. The number of methoxy groups -OCH3 is 3. The van der Waals surface area contributed by atoms with E-state index in [0.717, 1.165) is 21.8 Å². The Balaban J connectivity index is 1.42. The Morgan fingerprint density at radius 3 is 2.15 bits per heavy atom. The van der Waals surface area contributed by atoms with Gasteiger partial charge in [-0.25, -0.2) is 0 Å². The van der Waals surface area contributed by atoms with Crippen molar-refractivity contribution >= 4 is 17.8 Å². The van der Waals surface area contributed by atoms with Crippen LogP contribution in [0.15, 0.2) is 35.9 Å². The summed E-state index contributed by atoms with van der Waals surface area (Å²) in [7, 11) is 4.61. The maximum absolute atomic E-state index is 14.7. The van der Waals surface area contributed by atoms with E-state index in [1.54, 1.807) is 24.8 Å². The summed E-state index contributed by atoms with van der Waals surface area (Å²) in [6, 6.07) is 5.97. The zero-order valence-electron chi connectivity index (χ0n) is 32.2. The Morgan fingerprint density at radius 2 is 1.58 bits per heavy atom. The topological polar surface area (TPSA) is 145 Å². The minimum Gasteiger partial charge on any atom is -0.493 e. The average Bonchev–Trinajstić information content (AvgIpc) is 3.75.